The molecule has 2 nitrogen and oxygen atoms in total. The van der Waals surface area contributed by atoms with Gasteiger partial charge in [-0.3, -0.25) is 4.79 Å². The first-order chi connectivity index (χ1) is 13.4. The third-order valence-electron chi connectivity index (χ3n) is 4.61. The minimum atomic E-state index is -1.14. The predicted octanol–water partition coefficient (Wildman–Crippen LogP) is 7.20. The number of nitrogens with one attached hydrogen (secondary N) is 1. The van der Waals surface area contributed by atoms with Crippen LogP contribution in [0.25, 0.3) is 0 Å². The van der Waals surface area contributed by atoms with Crippen LogP contribution in [0.2, 0.25) is 10.0 Å². The molecular weight excluding hydrogens is 396 g/mol. The SMILES string of the molecule is Cc1ccccc1NC(=O)c1ccc(C(F)CCc2ccc(Cl)cc2Cl)cc1. The van der Waals surface area contributed by atoms with Crippen LogP contribution in [0.1, 0.15) is 39.6 Å². The van der Waals surface area contributed by atoms with Gasteiger partial charge in [-0.25, -0.2) is 4.39 Å². The maximum atomic E-state index is 14.6. The predicted molar refractivity (Wildman–Crippen MR) is 114 cm³/mol. The Morgan fingerprint density at radius 1 is 1.04 bits per heavy atom. The smallest absolute Gasteiger partial charge is 0.255 e. The molecule has 1 N–H and O–H groups in total. The minimum Gasteiger partial charge on any atom is -0.322 e. The topological polar surface area (TPSA) is 29.1 Å². The van der Waals surface area contributed by atoms with Crippen molar-refractivity contribution in [1.29, 1.82) is 0 Å². The van der Waals surface area contributed by atoms with E-state index in [1.54, 1.807) is 36.4 Å². The van der Waals surface area contributed by atoms with Crippen molar-refractivity contribution in [2.75, 3.05) is 5.32 Å². The molecule has 0 aliphatic carbocycles. The molecule has 0 fully saturated rings. The number of amides is 1. The van der Waals surface area contributed by atoms with Crippen LogP contribution in [-0.2, 0) is 6.42 Å². The van der Waals surface area contributed by atoms with Crippen molar-refractivity contribution in [2.45, 2.75) is 25.9 Å². The molecule has 3 aromatic rings. The maximum absolute atomic E-state index is 14.6. The monoisotopic (exact) mass is 415 g/mol. The molecule has 3 aromatic carbocycles. The number of aryl methyl sites for hydroxylation is 2. The summed E-state index contributed by atoms with van der Waals surface area (Å²) in [5.41, 5.74) is 3.64. The number of hydrogen-bond acceptors (Lipinski definition) is 1. The van der Waals surface area contributed by atoms with E-state index in [4.69, 9.17) is 23.2 Å². The Balaban J connectivity index is 1.61. The van der Waals surface area contributed by atoms with Crippen molar-refractivity contribution in [1.82, 2.24) is 0 Å². The molecule has 1 amide bonds. The molecule has 0 aliphatic heterocycles. The summed E-state index contributed by atoms with van der Waals surface area (Å²) in [5.74, 6) is -0.218. The van der Waals surface area contributed by atoms with Gasteiger partial charge in [-0.05, 0) is 66.8 Å². The molecule has 5 heteroatoms. The fraction of sp³-hybridized carbons (Fsp3) is 0.174. The van der Waals surface area contributed by atoms with Crippen molar-refractivity contribution >= 4 is 34.8 Å². The normalized spacial score (nSPS) is 11.9. The Morgan fingerprint density at radius 2 is 1.75 bits per heavy atom. The lowest BCUT2D eigenvalue weighted by Gasteiger charge is -2.11. The molecule has 0 radical (unpaired) electrons. The second kappa shape index (κ2) is 9.22. The van der Waals surface area contributed by atoms with Crippen LogP contribution in [0.4, 0.5) is 10.1 Å². The first-order valence-electron chi connectivity index (χ1n) is 8.99. The fourth-order valence-corrected chi connectivity index (χ4v) is 3.43. The molecule has 1 unspecified atom stereocenters. The molecule has 0 aromatic heterocycles. The average molecular weight is 416 g/mol. The number of rotatable bonds is 6. The van der Waals surface area contributed by atoms with Crippen LogP contribution in [0, 0.1) is 6.92 Å². The van der Waals surface area contributed by atoms with Gasteiger partial charge in [-0.15, -0.1) is 0 Å². The number of carbonyl (C=O) groups excluding carboxylic acids is 1. The quantitative estimate of drug-likeness (QED) is 0.452. The Morgan fingerprint density at radius 3 is 2.43 bits per heavy atom. The van der Waals surface area contributed by atoms with Crippen LogP contribution < -0.4 is 5.32 Å². The first-order valence-corrected chi connectivity index (χ1v) is 9.74. The second-order valence-corrected chi connectivity index (χ2v) is 7.48. The number of anilines is 1. The Bertz CT molecular complexity index is 973. The van der Waals surface area contributed by atoms with E-state index in [1.807, 2.05) is 37.3 Å². The number of halogens is 3. The third kappa shape index (κ3) is 5.12. The number of para-hydroxylation sites is 1. The maximum Gasteiger partial charge on any atom is 0.255 e. The molecule has 0 saturated carbocycles. The van der Waals surface area contributed by atoms with Crippen LogP contribution >= 0.6 is 23.2 Å². The fourth-order valence-electron chi connectivity index (χ4n) is 2.92. The van der Waals surface area contributed by atoms with Gasteiger partial charge in [0.15, 0.2) is 0 Å². The van der Waals surface area contributed by atoms with Gasteiger partial charge >= 0.3 is 0 Å². The summed E-state index contributed by atoms with van der Waals surface area (Å²) in [6.45, 7) is 1.93. The molecule has 3 rings (SSSR count). The largest absolute Gasteiger partial charge is 0.322 e. The van der Waals surface area contributed by atoms with E-state index in [1.165, 1.54) is 0 Å². The molecule has 0 heterocycles. The van der Waals surface area contributed by atoms with Gasteiger partial charge in [-0.2, -0.15) is 0 Å². The van der Waals surface area contributed by atoms with Gasteiger partial charge < -0.3 is 5.32 Å². The van der Waals surface area contributed by atoms with Gasteiger partial charge in [0.25, 0.3) is 5.91 Å². The Kier molecular flexibility index (Phi) is 6.71. The standard InChI is InChI=1S/C23H20Cl2FNO/c1-15-4-2-3-5-22(15)27-23(28)18-8-6-17(7-9-18)21(26)13-11-16-10-12-19(24)14-20(16)25/h2-10,12,14,21H,11,13H2,1H3,(H,27,28). The van der Waals surface area contributed by atoms with E-state index in [9.17, 15) is 9.18 Å². The zero-order valence-electron chi connectivity index (χ0n) is 15.4. The third-order valence-corrected chi connectivity index (χ3v) is 5.20. The summed E-state index contributed by atoms with van der Waals surface area (Å²) in [6.07, 6.45) is -0.330. The van der Waals surface area contributed by atoms with Crippen molar-refractivity contribution in [3.63, 3.8) is 0 Å². The Labute approximate surface area is 174 Å². The number of alkyl halides is 1. The van der Waals surface area contributed by atoms with Gasteiger partial charge in [0.2, 0.25) is 0 Å². The molecule has 1 atom stereocenters. The summed E-state index contributed by atoms with van der Waals surface area (Å²) in [6, 6.07) is 19.4. The minimum absolute atomic E-state index is 0.218. The zero-order valence-corrected chi connectivity index (χ0v) is 16.9. The summed E-state index contributed by atoms with van der Waals surface area (Å²) >= 11 is 12.0. The summed E-state index contributed by atoms with van der Waals surface area (Å²) < 4.78 is 14.6. The van der Waals surface area contributed by atoms with Crippen molar-refractivity contribution in [3.05, 3.63) is 99.0 Å². The van der Waals surface area contributed by atoms with Crippen molar-refractivity contribution in [2.24, 2.45) is 0 Å². The number of benzene rings is 3. The lowest BCUT2D eigenvalue weighted by Crippen LogP contribution is -2.12. The van der Waals surface area contributed by atoms with Gasteiger partial charge in [0, 0.05) is 21.3 Å². The molecule has 28 heavy (non-hydrogen) atoms. The molecule has 0 spiro atoms. The highest BCUT2D eigenvalue weighted by molar-refractivity contribution is 6.35. The molecule has 0 bridgehead atoms. The Hall–Kier alpha value is -2.36. The molecular formula is C23H20Cl2FNO. The second-order valence-electron chi connectivity index (χ2n) is 6.63. The van der Waals surface area contributed by atoms with E-state index in [0.29, 0.717) is 34.0 Å². The van der Waals surface area contributed by atoms with Gasteiger partial charge in [0.05, 0.1) is 0 Å². The highest BCUT2D eigenvalue weighted by atomic mass is 35.5. The van der Waals surface area contributed by atoms with Gasteiger partial charge in [-0.1, -0.05) is 59.6 Å². The number of carbonyl (C=O) groups is 1. The molecule has 0 aliphatic rings. The van der Waals surface area contributed by atoms with Gasteiger partial charge in [0.1, 0.15) is 6.17 Å². The van der Waals surface area contributed by atoms with Crippen LogP contribution in [-0.4, -0.2) is 5.91 Å². The zero-order chi connectivity index (χ0) is 20.1. The summed E-state index contributed by atoms with van der Waals surface area (Å²) in [4.78, 5) is 12.4. The average Bonchev–Trinajstić information content (AvgIpc) is 2.69. The van der Waals surface area contributed by atoms with Crippen LogP contribution in [0.15, 0.2) is 66.7 Å². The van der Waals surface area contributed by atoms with E-state index >= 15 is 0 Å². The number of hydrogen-bond donors (Lipinski definition) is 1. The van der Waals surface area contributed by atoms with Crippen molar-refractivity contribution in [3.8, 4) is 0 Å². The van der Waals surface area contributed by atoms with E-state index in [0.717, 1.165) is 16.8 Å². The lowest BCUT2D eigenvalue weighted by molar-refractivity contribution is 0.102. The summed E-state index contributed by atoms with van der Waals surface area (Å²) in [7, 11) is 0. The lowest BCUT2D eigenvalue weighted by atomic mass is 10.0. The van der Waals surface area contributed by atoms with E-state index in [-0.39, 0.29) is 5.91 Å². The highest BCUT2D eigenvalue weighted by Gasteiger charge is 2.13. The van der Waals surface area contributed by atoms with Crippen LogP contribution in [0.3, 0.4) is 0 Å². The molecule has 0 saturated heterocycles. The van der Waals surface area contributed by atoms with E-state index < -0.39 is 6.17 Å². The first kappa shape index (κ1) is 20.4. The molecule has 144 valence electrons. The van der Waals surface area contributed by atoms with Crippen molar-refractivity contribution < 1.29 is 9.18 Å². The highest BCUT2D eigenvalue weighted by Crippen LogP contribution is 2.27. The summed E-state index contributed by atoms with van der Waals surface area (Å²) in [5, 5.41) is 3.98. The van der Waals surface area contributed by atoms with E-state index in [2.05, 4.69) is 5.32 Å². The van der Waals surface area contributed by atoms with Crippen LogP contribution in [0.5, 0.6) is 0 Å².